The molecule has 0 aliphatic carbocycles. The third-order valence-electron chi connectivity index (χ3n) is 5.26. The van der Waals surface area contributed by atoms with E-state index in [1.165, 1.54) is 7.11 Å². The van der Waals surface area contributed by atoms with Crippen molar-refractivity contribution in [3.63, 3.8) is 0 Å². The Morgan fingerprint density at radius 1 is 1.24 bits per heavy atom. The zero-order valence-electron chi connectivity index (χ0n) is 17.3. The quantitative estimate of drug-likeness (QED) is 0.586. The van der Waals surface area contributed by atoms with Crippen LogP contribution in [0.25, 0.3) is 0 Å². The average Bonchev–Trinajstić information content (AvgIpc) is 3.11. The van der Waals surface area contributed by atoms with E-state index in [0.717, 1.165) is 43.9 Å². The highest BCUT2D eigenvalue weighted by atomic mass is 32.2. The Bertz CT molecular complexity index is 861. The van der Waals surface area contributed by atoms with Gasteiger partial charge >= 0.3 is 0 Å². The van der Waals surface area contributed by atoms with Crippen LogP contribution in [0.3, 0.4) is 0 Å². The summed E-state index contributed by atoms with van der Waals surface area (Å²) in [6.07, 6.45) is 3.84. The zero-order valence-corrected chi connectivity index (χ0v) is 18.1. The molecule has 29 heavy (non-hydrogen) atoms. The Kier molecular flexibility index (Phi) is 7.83. The van der Waals surface area contributed by atoms with Crippen LogP contribution < -0.4 is 0 Å². The maximum atomic E-state index is 12.8. The van der Waals surface area contributed by atoms with Gasteiger partial charge < -0.3 is 18.9 Å². The van der Waals surface area contributed by atoms with E-state index < -0.39 is 9.84 Å². The molecule has 2 aromatic rings. The molecule has 0 spiro atoms. The van der Waals surface area contributed by atoms with E-state index in [1.54, 1.807) is 6.20 Å². The number of hydrogen-bond acceptors (Lipinski definition) is 6. The minimum absolute atomic E-state index is 0.0767. The first kappa shape index (κ1) is 22.0. The van der Waals surface area contributed by atoms with Crippen molar-refractivity contribution in [1.29, 1.82) is 0 Å². The molecule has 2 heterocycles. The molecule has 7 nitrogen and oxygen atoms in total. The highest BCUT2D eigenvalue weighted by Gasteiger charge is 2.24. The minimum atomic E-state index is -3.52. The number of aromatic nitrogens is 2. The average molecular weight is 422 g/mol. The number of methoxy groups -OCH3 is 1. The molecule has 1 saturated heterocycles. The number of sulfone groups is 1. The fourth-order valence-electron chi connectivity index (χ4n) is 3.70. The number of rotatable bonds is 10. The molecule has 1 fully saturated rings. The second kappa shape index (κ2) is 10.3. The van der Waals surface area contributed by atoms with Crippen molar-refractivity contribution in [1.82, 2.24) is 14.5 Å². The van der Waals surface area contributed by atoms with Crippen LogP contribution in [0.4, 0.5) is 0 Å². The van der Waals surface area contributed by atoms with Crippen LogP contribution in [-0.4, -0.2) is 69.1 Å². The maximum absolute atomic E-state index is 12.8. The topological polar surface area (TPSA) is 73.7 Å². The van der Waals surface area contributed by atoms with E-state index in [2.05, 4.69) is 16.9 Å². The van der Waals surface area contributed by atoms with Gasteiger partial charge in [-0.2, -0.15) is 0 Å². The number of imidazole rings is 1. The summed E-state index contributed by atoms with van der Waals surface area (Å²) < 4.78 is 37.9. The van der Waals surface area contributed by atoms with E-state index >= 15 is 0 Å². The van der Waals surface area contributed by atoms with Crippen molar-refractivity contribution >= 4 is 9.84 Å². The molecule has 0 unspecified atom stereocenters. The van der Waals surface area contributed by atoms with Gasteiger partial charge in [0.05, 0.1) is 30.8 Å². The van der Waals surface area contributed by atoms with E-state index in [4.69, 9.17) is 9.47 Å². The third-order valence-corrected chi connectivity index (χ3v) is 6.85. The second-order valence-corrected chi connectivity index (χ2v) is 9.67. The standard InChI is InChI=1S/C21H31N3O4S/c1-23(15-19-8-10-28-11-9-19)17-20-14-22-21(29(25,26)13-12-27-2)24(20)16-18-6-4-3-5-7-18/h3-7,14,19H,8-13,15-17H2,1-2H3. The Balaban J connectivity index is 1.81. The normalized spacial score (nSPS) is 15.8. The summed E-state index contributed by atoms with van der Waals surface area (Å²) in [5.41, 5.74) is 1.95. The Morgan fingerprint density at radius 2 is 1.97 bits per heavy atom. The van der Waals surface area contributed by atoms with Crippen LogP contribution in [0.15, 0.2) is 41.7 Å². The molecule has 1 aliphatic rings. The maximum Gasteiger partial charge on any atom is 0.228 e. The van der Waals surface area contributed by atoms with Gasteiger partial charge in [0, 0.05) is 33.4 Å². The lowest BCUT2D eigenvalue weighted by atomic mass is 10.00. The lowest BCUT2D eigenvalue weighted by molar-refractivity contribution is 0.0547. The molecule has 0 atom stereocenters. The molecule has 1 aromatic heterocycles. The monoisotopic (exact) mass is 421 g/mol. The van der Waals surface area contributed by atoms with Crippen molar-refractivity contribution in [3.8, 4) is 0 Å². The van der Waals surface area contributed by atoms with Crippen molar-refractivity contribution in [2.24, 2.45) is 5.92 Å². The van der Waals surface area contributed by atoms with Crippen LogP contribution in [0, 0.1) is 5.92 Å². The first-order valence-electron chi connectivity index (χ1n) is 10.1. The summed E-state index contributed by atoms with van der Waals surface area (Å²) in [6, 6.07) is 9.88. The van der Waals surface area contributed by atoms with Gasteiger partial charge in [0.15, 0.2) is 0 Å². The van der Waals surface area contributed by atoms with Gasteiger partial charge in [-0.25, -0.2) is 13.4 Å². The van der Waals surface area contributed by atoms with E-state index in [0.29, 0.717) is 19.0 Å². The van der Waals surface area contributed by atoms with Crippen LogP contribution in [0.5, 0.6) is 0 Å². The third kappa shape index (κ3) is 6.12. The Labute approximate surface area is 173 Å². The smallest absolute Gasteiger partial charge is 0.228 e. The summed E-state index contributed by atoms with van der Waals surface area (Å²) in [5, 5.41) is 0.118. The molecule has 1 aromatic carbocycles. The molecular formula is C21H31N3O4S. The number of benzene rings is 1. The van der Waals surface area contributed by atoms with Gasteiger partial charge in [-0.05, 0) is 31.4 Å². The highest BCUT2D eigenvalue weighted by molar-refractivity contribution is 7.91. The second-order valence-electron chi connectivity index (χ2n) is 7.67. The molecule has 0 bridgehead atoms. The largest absolute Gasteiger partial charge is 0.384 e. The molecule has 1 aliphatic heterocycles. The fourth-order valence-corrected chi connectivity index (χ4v) is 5.00. The molecule has 8 heteroatoms. The van der Waals surface area contributed by atoms with Crippen LogP contribution in [0.1, 0.15) is 24.1 Å². The summed E-state index contributed by atoms with van der Waals surface area (Å²) in [4.78, 5) is 6.56. The van der Waals surface area contributed by atoms with Crippen LogP contribution in [-0.2, 0) is 32.4 Å². The Hall–Kier alpha value is -1.74. The van der Waals surface area contributed by atoms with Crippen molar-refractivity contribution in [2.45, 2.75) is 31.1 Å². The summed E-state index contributed by atoms with van der Waals surface area (Å²) in [5.74, 6) is 0.538. The van der Waals surface area contributed by atoms with Crippen LogP contribution in [0.2, 0.25) is 0 Å². The van der Waals surface area contributed by atoms with E-state index in [1.807, 2.05) is 34.9 Å². The van der Waals surface area contributed by atoms with E-state index in [9.17, 15) is 8.42 Å². The predicted octanol–water partition coefficient (Wildman–Crippen LogP) is 2.21. The summed E-state index contributed by atoms with van der Waals surface area (Å²) in [7, 11) is 0.0569. The van der Waals surface area contributed by atoms with Crippen molar-refractivity contribution in [3.05, 3.63) is 47.8 Å². The fraction of sp³-hybridized carbons (Fsp3) is 0.571. The van der Waals surface area contributed by atoms with Gasteiger partial charge in [0.1, 0.15) is 0 Å². The number of nitrogens with zero attached hydrogens (tertiary/aromatic N) is 3. The van der Waals surface area contributed by atoms with Gasteiger partial charge in [-0.3, -0.25) is 0 Å². The minimum Gasteiger partial charge on any atom is -0.384 e. The van der Waals surface area contributed by atoms with E-state index in [-0.39, 0.29) is 17.5 Å². The zero-order chi connectivity index (χ0) is 20.7. The molecule has 160 valence electrons. The lowest BCUT2D eigenvalue weighted by Gasteiger charge is -2.27. The summed E-state index contributed by atoms with van der Waals surface area (Å²) >= 11 is 0. The molecule has 0 radical (unpaired) electrons. The lowest BCUT2D eigenvalue weighted by Crippen LogP contribution is -2.30. The van der Waals surface area contributed by atoms with Gasteiger partial charge in [0.2, 0.25) is 15.0 Å². The molecule has 0 saturated carbocycles. The molecule has 0 amide bonds. The first-order valence-corrected chi connectivity index (χ1v) is 11.7. The van der Waals surface area contributed by atoms with Gasteiger partial charge in [0.25, 0.3) is 0 Å². The Morgan fingerprint density at radius 3 is 2.66 bits per heavy atom. The molecule has 0 N–H and O–H groups in total. The van der Waals surface area contributed by atoms with Crippen LogP contribution >= 0.6 is 0 Å². The number of hydrogen-bond donors (Lipinski definition) is 0. The summed E-state index contributed by atoms with van der Waals surface area (Å²) in [6.45, 7) is 3.89. The predicted molar refractivity (Wildman–Crippen MR) is 112 cm³/mol. The number of ether oxygens (including phenoxy) is 2. The van der Waals surface area contributed by atoms with Crippen molar-refractivity contribution in [2.75, 3.05) is 46.3 Å². The molecular weight excluding hydrogens is 390 g/mol. The molecule has 3 rings (SSSR count). The SMILES string of the molecule is COCCS(=O)(=O)c1ncc(CN(C)CC2CCOCC2)n1Cc1ccccc1. The first-order chi connectivity index (χ1) is 14.0. The highest BCUT2D eigenvalue weighted by Crippen LogP contribution is 2.20. The van der Waals surface area contributed by atoms with Gasteiger partial charge in [-0.1, -0.05) is 30.3 Å². The van der Waals surface area contributed by atoms with Crippen molar-refractivity contribution < 1.29 is 17.9 Å². The van der Waals surface area contributed by atoms with Gasteiger partial charge in [-0.15, -0.1) is 0 Å².